The van der Waals surface area contributed by atoms with Gasteiger partial charge in [0.15, 0.2) is 0 Å². The minimum Gasteiger partial charge on any atom is -0.478 e. The van der Waals surface area contributed by atoms with E-state index in [1.165, 1.54) is 12.1 Å². The molecule has 0 radical (unpaired) electrons. The molecule has 0 saturated heterocycles. The molecule has 1 N–H and O–H groups in total. The number of aromatic nitrogens is 1. The Balaban J connectivity index is 0.000000829. The molecule has 108 valence electrons. The van der Waals surface area contributed by atoms with E-state index in [1.54, 1.807) is 36.7 Å². The molecular formula is C16H21NO3. The number of benzene rings is 1. The molecule has 20 heavy (non-hydrogen) atoms. The summed E-state index contributed by atoms with van der Waals surface area (Å²) in [6.45, 7) is 8.00. The minimum absolute atomic E-state index is 0.235. The first-order chi connectivity index (χ1) is 9.75. The minimum atomic E-state index is -0.951. The fourth-order valence-corrected chi connectivity index (χ4v) is 1.21. The topological polar surface area (TPSA) is 59.4 Å². The summed E-state index contributed by atoms with van der Waals surface area (Å²) in [5.74, 6) is 0.247. The molecular weight excluding hydrogens is 254 g/mol. The highest BCUT2D eigenvalue weighted by Crippen LogP contribution is 2.20. The largest absolute Gasteiger partial charge is 0.478 e. The molecule has 1 aromatic heterocycles. The van der Waals surface area contributed by atoms with Gasteiger partial charge >= 0.3 is 5.97 Å². The predicted octanol–water partition coefficient (Wildman–Crippen LogP) is 4.62. The van der Waals surface area contributed by atoms with Crippen molar-refractivity contribution < 1.29 is 14.6 Å². The Bertz CT molecular complexity index is 481. The summed E-state index contributed by atoms with van der Waals surface area (Å²) < 4.78 is 5.46. The van der Waals surface area contributed by atoms with Crippen LogP contribution in [-0.2, 0) is 0 Å². The second-order valence-electron chi connectivity index (χ2n) is 3.12. The highest BCUT2D eigenvalue weighted by atomic mass is 16.5. The SMILES string of the molecule is CC.CC.O=C(O)c1ccc(Oc2cccnc2)cc1. The third-order valence-electron chi connectivity index (χ3n) is 1.97. The van der Waals surface area contributed by atoms with Crippen molar-refractivity contribution in [3.63, 3.8) is 0 Å². The van der Waals surface area contributed by atoms with Crippen LogP contribution in [0, 0.1) is 0 Å². The first-order valence-electron chi connectivity index (χ1n) is 6.67. The average Bonchev–Trinajstić information content (AvgIpc) is 2.53. The first-order valence-corrected chi connectivity index (χ1v) is 6.67. The van der Waals surface area contributed by atoms with Crippen LogP contribution in [0.2, 0.25) is 0 Å². The normalized spacial score (nSPS) is 8.40. The highest BCUT2D eigenvalue weighted by molar-refractivity contribution is 5.87. The van der Waals surface area contributed by atoms with Crippen LogP contribution in [0.25, 0.3) is 0 Å². The van der Waals surface area contributed by atoms with Crippen molar-refractivity contribution in [2.75, 3.05) is 0 Å². The molecule has 4 nitrogen and oxygen atoms in total. The molecule has 2 aromatic rings. The number of rotatable bonds is 3. The molecule has 1 aromatic carbocycles. The summed E-state index contributed by atoms with van der Waals surface area (Å²) in [5, 5.41) is 8.71. The maximum atomic E-state index is 10.6. The van der Waals surface area contributed by atoms with Crippen LogP contribution in [0.15, 0.2) is 48.8 Å². The van der Waals surface area contributed by atoms with Crippen molar-refractivity contribution in [1.82, 2.24) is 4.98 Å². The van der Waals surface area contributed by atoms with Gasteiger partial charge in [0.1, 0.15) is 11.5 Å². The van der Waals surface area contributed by atoms with E-state index in [-0.39, 0.29) is 5.56 Å². The Labute approximate surface area is 120 Å². The Morgan fingerprint density at radius 1 is 1.00 bits per heavy atom. The Morgan fingerprint density at radius 2 is 1.60 bits per heavy atom. The van der Waals surface area contributed by atoms with Gasteiger partial charge in [-0.05, 0) is 36.4 Å². The van der Waals surface area contributed by atoms with Gasteiger partial charge in [-0.15, -0.1) is 0 Å². The lowest BCUT2D eigenvalue weighted by Gasteiger charge is -2.04. The van der Waals surface area contributed by atoms with Crippen molar-refractivity contribution in [2.24, 2.45) is 0 Å². The Hall–Kier alpha value is -2.36. The van der Waals surface area contributed by atoms with Crippen molar-refractivity contribution >= 4 is 5.97 Å². The van der Waals surface area contributed by atoms with Gasteiger partial charge < -0.3 is 9.84 Å². The van der Waals surface area contributed by atoms with E-state index in [2.05, 4.69) is 4.98 Å². The molecule has 0 saturated carbocycles. The van der Waals surface area contributed by atoms with E-state index in [1.807, 2.05) is 27.7 Å². The molecule has 0 aliphatic carbocycles. The number of hydrogen-bond donors (Lipinski definition) is 1. The maximum Gasteiger partial charge on any atom is 0.335 e. The quantitative estimate of drug-likeness (QED) is 0.887. The van der Waals surface area contributed by atoms with Gasteiger partial charge in [-0.2, -0.15) is 0 Å². The molecule has 0 bridgehead atoms. The number of hydrogen-bond acceptors (Lipinski definition) is 3. The van der Waals surface area contributed by atoms with Gasteiger partial charge in [0.25, 0.3) is 0 Å². The first kappa shape index (κ1) is 17.6. The van der Waals surface area contributed by atoms with Crippen LogP contribution in [0.1, 0.15) is 38.1 Å². The van der Waals surface area contributed by atoms with Crippen molar-refractivity contribution in [3.05, 3.63) is 54.4 Å². The molecule has 4 heteroatoms. The molecule has 0 fully saturated rings. The second kappa shape index (κ2) is 10.6. The maximum absolute atomic E-state index is 10.6. The third-order valence-corrected chi connectivity index (χ3v) is 1.97. The second-order valence-corrected chi connectivity index (χ2v) is 3.12. The van der Waals surface area contributed by atoms with E-state index < -0.39 is 5.97 Å². The van der Waals surface area contributed by atoms with Gasteiger partial charge in [-0.25, -0.2) is 4.79 Å². The summed E-state index contributed by atoms with van der Waals surface area (Å²) in [6.07, 6.45) is 3.24. The Morgan fingerprint density at radius 3 is 2.05 bits per heavy atom. The highest BCUT2D eigenvalue weighted by Gasteiger charge is 2.02. The zero-order chi connectivity index (χ0) is 15.4. The summed E-state index contributed by atoms with van der Waals surface area (Å²) in [6, 6.07) is 9.74. The molecule has 2 rings (SSSR count). The molecule has 0 spiro atoms. The fraction of sp³-hybridized carbons (Fsp3) is 0.250. The number of carboxylic acid groups (broad SMARTS) is 1. The van der Waals surface area contributed by atoms with Gasteiger partial charge in [-0.1, -0.05) is 27.7 Å². The van der Waals surface area contributed by atoms with Crippen LogP contribution in [-0.4, -0.2) is 16.1 Å². The van der Waals surface area contributed by atoms with E-state index >= 15 is 0 Å². The zero-order valence-corrected chi connectivity index (χ0v) is 12.3. The number of carboxylic acids is 1. The zero-order valence-electron chi connectivity index (χ0n) is 12.3. The van der Waals surface area contributed by atoms with Gasteiger partial charge in [0.05, 0.1) is 11.8 Å². The van der Waals surface area contributed by atoms with Gasteiger partial charge in [-0.3, -0.25) is 4.98 Å². The number of ether oxygens (including phenoxy) is 1. The van der Waals surface area contributed by atoms with Crippen molar-refractivity contribution in [1.29, 1.82) is 0 Å². The Kier molecular flexibility index (Phi) is 9.31. The monoisotopic (exact) mass is 275 g/mol. The van der Waals surface area contributed by atoms with Gasteiger partial charge in [0.2, 0.25) is 0 Å². The number of aromatic carboxylic acids is 1. The fourth-order valence-electron chi connectivity index (χ4n) is 1.21. The lowest BCUT2D eigenvalue weighted by Crippen LogP contribution is -1.95. The molecule has 0 amide bonds. The molecule has 0 aliphatic rings. The molecule has 0 unspecified atom stereocenters. The average molecular weight is 275 g/mol. The van der Waals surface area contributed by atoms with Crippen molar-refractivity contribution in [2.45, 2.75) is 27.7 Å². The summed E-state index contributed by atoms with van der Waals surface area (Å²) in [7, 11) is 0. The van der Waals surface area contributed by atoms with Crippen LogP contribution >= 0.6 is 0 Å². The molecule has 1 heterocycles. The summed E-state index contributed by atoms with van der Waals surface area (Å²) in [5.41, 5.74) is 0.235. The number of carbonyl (C=O) groups is 1. The molecule has 0 atom stereocenters. The summed E-state index contributed by atoms with van der Waals surface area (Å²) >= 11 is 0. The lowest BCUT2D eigenvalue weighted by molar-refractivity contribution is 0.0697. The standard InChI is InChI=1S/C12H9NO3.2C2H6/c14-12(15)9-3-5-10(6-4-9)16-11-2-1-7-13-8-11;2*1-2/h1-8H,(H,14,15);2*1-2H3. The third kappa shape index (κ3) is 6.00. The van der Waals surface area contributed by atoms with Crippen LogP contribution in [0.5, 0.6) is 11.5 Å². The smallest absolute Gasteiger partial charge is 0.335 e. The molecule has 0 aliphatic heterocycles. The van der Waals surface area contributed by atoms with E-state index in [0.29, 0.717) is 11.5 Å². The van der Waals surface area contributed by atoms with Gasteiger partial charge in [0, 0.05) is 6.20 Å². The van der Waals surface area contributed by atoms with Crippen molar-refractivity contribution in [3.8, 4) is 11.5 Å². The summed E-state index contributed by atoms with van der Waals surface area (Å²) in [4.78, 5) is 14.5. The predicted molar refractivity (Wildman–Crippen MR) is 80.4 cm³/mol. The van der Waals surface area contributed by atoms with E-state index in [0.717, 1.165) is 0 Å². The van der Waals surface area contributed by atoms with E-state index in [4.69, 9.17) is 9.84 Å². The van der Waals surface area contributed by atoms with Crippen LogP contribution in [0.4, 0.5) is 0 Å². The number of nitrogens with zero attached hydrogens (tertiary/aromatic N) is 1. The van der Waals surface area contributed by atoms with Crippen LogP contribution < -0.4 is 4.74 Å². The lowest BCUT2D eigenvalue weighted by atomic mass is 10.2. The van der Waals surface area contributed by atoms with Crippen LogP contribution in [0.3, 0.4) is 0 Å². The number of pyridine rings is 1. The van der Waals surface area contributed by atoms with E-state index in [9.17, 15) is 4.79 Å².